The van der Waals surface area contributed by atoms with Crippen LogP contribution < -0.4 is 9.64 Å². The molecule has 5 aliphatic rings. The molecule has 0 saturated heterocycles. The van der Waals surface area contributed by atoms with Crippen molar-refractivity contribution in [1.82, 2.24) is 9.97 Å². The van der Waals surface area contributed by atoms with Crippen LogP contribution in [0.4, 0.5) is 5.69 Å². The molecule has 47 heavy (non-hydrogen) atoms. The number of aryl methyl sites for hydroxylation is 1. The SMILES string of the molecule is CO[C@H]1C2=CC(CC[SH](c3ncccn3)C(C)(C)OC(=O)c3ccc4c(c3)N(Cc3ccc(Cl)cc3CCCCO4)C[C@@H]3CC[C@H]31)C2. The van der Waals surface area contributed by atoms with Gasteiger partial charge in [0.05, 0.1) is 24.0 Å². The van der Waals surface area contributed by atoms with Crippen molar-refractivity contribution in [2.45, 2.75) is 81.5 Å². The Labute approximate surface area is 286 Å². The van der Waals surface area contributed by atoms with E-state index in [-0.39, 0.29) is 12.1 Å². The van der Waals surface area contributed by atoms with Gasteiger partial charge in [-0.25, -0.2) is 14.8 Å². The minimum absolute atomic E-state index is 0.137. The summed E-state index contributed by atoms with van der Waals surface area (Å²) in [6, 6.07) is 13.9. The fourth-order valence-corrected chi connectivity index (χ4v) is 10.4. The molecule has 0 spiro atoms. The fraction of sp³-hybridized carbons (Fsp3) is 0.500. The van der Waals surface area contributed by atoms with E-state index in [1.54, 1.807) is 12.4 Å². The van der Waals surface area contributed by atoms with Gasteiger partial charge in [0.15, 0.2) is 5.16 Å². The Kier molecular flexibility index (Phi) is 9.54. The summed E-state index contributed by atoms with van der Waals surface area (Å²) in [5.74, 6) is 2.76. The molecule has 2 unspecified atom stereocenters. The minimum Gasteiger partial charge on any atom is -0.491 e. The van der Waals surface area contributed by atoms with Crippen LogP contribution in [0.5, 0.6) is 5.75 Å². The van der Waals surface area contributed by atoms with Gasteiger partial charge in [0.2, 0.25) is 0 Å². The summed E-state index contributed by atoms with van der Waals surface area (Å²) in [6.07, 6.45) is 13.4. The van der Waals surface area contributed by atoms with E-state index in [1.807, 2.05) is 51.3 Å². The number of anilines is 1. The molecule has 3 aromatic rings. The molecule has 1 saturated carbocycles. The molecule has 250 valence electrons. The Morgan fingerprint density at radius 2 is 1.87 bits per heavy atom. The van der Waals surface area contributed by atoms with Crippen LogP contribution in [0.3, 0.4) is 0 Å². The molecule has 4 heterocycles. The van der Waals surface area contributed by atoms with Gasteiger partial charge in [0.25, 0.3) is 0 Å². The number of esters is 1. The van der Waals surface area contributed by atoms with Crippen molar-refractivity contribution in [1.29, 1.82) is 0 Å². The Morgan fingerprint density at radius 3 is 2.64 bits per heavy atom. The number of carbonyl (C=O) groups excluding carboxylic acids is 1. The number of nitrogens with zero attached hydrogens (tertiary/aromatic N) is 3. The van der Waals surface area contributed by atoms with E-state index in [4.69, 9.17) is 25.8 Å². The summed E-state index contributed by atoms with van der Waals surface area (Å²) < 4.78 is 19.1. The molecule has 1 aromatic heterocycles. The Balaban J connectivity index is 1.31. The van der Waals surface area contributed by atoms with Crippen molar-refractivity contribution in [2.24, 2.45) is 17.8 Å². The molecule has 1 fully saturated rings. The number of allylic oxidation sites excluding steroid dienone is 1. The van der Waals surface area contributed by atoms with Gasteiger partial charge in [-0.05, 0) is 135 Å². The third-order valence-electron chi connectivity index (χ3n) is 10.6. The highest BCUT2D eigenvalue weighted by atomic mass is 35.5. The lowest BCUT2D eigenvalue weighted by Crippen LogP contribution is -2.45. The zero-order chi connectivity index (χ0) is 32.5. The molecule has 0 radical (unpaired) electrons. The number of hydrogen-bond donors (Lipinski definition) is 1. The van der Waals surface area contributed by atoms with Gasteiger partial charge in [-0.15, -0.1) is 0 Å². The third-order valence-corrected chi connectivity index (χ3v) is 13.6. The standard InChI is InChI=1S/C38H46ClN3O4S/c1-38(2)46-36(43)27-10-13-34-33(22-27)42(23-28-8-11-31(39)21-26(28)7-4-5-17-45-34)24-29-9-12-32(29)35(44-3)30-19-25(20-30)14-18-47(38)37-40-15-6-16-41-37/h6,8,10-11,13,15-16,19,21-22,25,29,32,35,47H,4-5,7,9,12,14,17-18,20,23-24H2,1-3H3/t25?,29-,32+,35-/m0/s1. The molecule has 7 nitrogen and oxygen atoms in total. The predicted octanol–water partition coefficient (Wildman–Crippen LogP) is 8.20. The van der Waals surface area contributed by atoms with E-state index < -0.39 is 15.8 Å². The Bertz CT molecular complexity index is 1630. The first-order valence-electron chi connectivity index (χ1n) is 17.1. The maximum absolute atomic E-state index is 14.0. The van der Waals surface area contributed by atoms with E-state index in [9.17, 15) is 4.79 Å². The van der Waals surface area contributed by atoms with Crippen LogP contribution in [0.25, 0.3) is 0 Å². The summed E-state index contributed by atoms with van der Waals surface area (Å²) >= 11 is 6.50. The van der Waals surface area contributed by atoms with Crippen LogP contribution in [0.15, 0.2) is 71.7 Å². The normalized spacial score (nSPS) is 28.3. The van der Waals surface area contributed by atoms with Crippen molar-refractivity contribution in [3.8, 4) is 5.75 Å². The lowest BCUT2D eigenvalue weighted by Gasteiger charge is -2.46. The van der Waals surface area contributed by atoms with E-state index in [0.29, 0.717) is 36.5 Å². The van der Waals surface area contributed by atoms with Gasteiger partial charge in [0.1, 0.15) is 10.7 Å². The number of thiol groups is 1. The minimum atomic E-state index is -0.995. The lowest BCUT2D eigenvalue weighted by molar-refractivity contribution is 0.000673. The summed E-state index contributed by atoms with van der Waals surface area (Å²) in [4.78, 5) is 25.0. The number of methoxy groups -OCH3 is 1. The number of fused-ring (bicyclic) bond motifs is 6. The summed E-state index contributed by atoms with van der Waals surface area (Å²) in [5.41, 5.74) is 5.44. The van der Waals surface area contributed by atoms with E-state index in [0.717, 1.165) is 78.9 Å². The molecule has 0 amide bonds. The van der Waals surface area contributed by atoms with Gasteiger partial charge in [-0.3, -0.25) is 0 Å². The first-order valence-corrected chi connectivity index (χ1v) is 19.0. The Hall–Kier alpha value is -3.07. The summed E-state index contributed by atoms with van der Waals surface area (Å²) in [7, 11) is 0.877. The number of rotatable bonds is 2. The van der Waals surface area contributed by atoms with Gasteiger partial charge < -0.3 is 19.1 Å². The Morgan fingerprint density at radius 1 is 1.04 bits per heavy atom. The van der Waals surface area contributed by atoms with Crippen LogP contribution in [0, 0.1) is 17.8 Å². The van der Waals surface area contributed by atoms with Gasteiger partial charge >= 0.3 is 5.97 Å². The van der Waals surface area contributed by atoms with Gasteiger partial charge in [-0.1, -0.05) is 23.7 Å². The zero-order valence-electron chi connectivity index (χ0n) is 27.7. The quantitative estimate of drug-likeness (QED) is 0.127. The van der Waals surface area contributed by atoms with Crippen LogP contribution >= 0.6 is 22.5 Å². The molecule has 9 heteroatoms. The molecular formula is C38H46ClN3O4S. The number of carbonyl (C=O) groups is 1. The van der Waals surface area contributed by atoms with Crippen molar-refractivity contribution in [3.05, 3.63) is 88.2 Å². The van der Waals surface area contributed by atoms with Gasteiger partial charge in [-0.2, -0.15) is 10.9 Å². The molecule has 2 aliphatic carbocycles. The average Bonchev–Trinajstić information content (AvgIpc) is 3.05. The predicted molar refractivity (Wildman–Crippen MR) is 189 cm³/mol. The zero-order valence-corrected chi connectivity index (χ0v) is 29.3. The molecular weight excluding hydrogens is 630 g/mol. The highest BCUT2D eigenvalue weighted by Gasteiger charge is 2.43. The maximum atomic E-state index is 14.0. The molecule has 4 bridgehead atoms. The monoisotopic (exact) mass is 675 g/mol. The van der Waals surface area contributed by atoms with E-state index >= 15 is 0 Å². The van der Waals surface area contributed by atoms with E-state index in [1.165, 1.54) is 16.7 Å². The first-order chi connectivity index (χ1) is 22.8. The highest BCUT2D eigenvalue weighted by Crippen LogP contribution is 2.51. The van der Waals surface area contributed by atoms with Gasteiger partial charge in [0, 0.05) is 37.6 Å². The number of hydrogen-bond acceptors (Lipinski definition) is 7. The summed E-state index contributed by atoms with van der Waals surface area (Å²) in [6.45, 7) is 6.20. The first kappa shape index (κ1) is 32.5. The number of ether oxygens (including phenoxy) is 3. The van der Waals surface area contributed by atoms with Crippen molar-refractivity contribution < 1.29 is 19.0 Å². The van der Waals surface area contributed by atoms with Crippen molar-refractivity contribution in [2.75, 3.05) is 30.9 Å². The second kappa shape index (κ2) is 13.8. The van der Waals surface area contributed by atoms with Crippen LogP contribution in [0.1, 0.15) is 73.9 Å². The molecule has 3 aliphatic heterocycles. The second-order valence-electron chi connectivity index (χ2n) is 14.0. The van der Waals surface area contributed by atoms with Crippen molar-refractivity contribution >= 4 is 34.2 Å². The molecule has 0 N–H and O–H groups in total. The average molecular weight is 676 g/mol. The van der Waals surface area contributed by atoms with Crippen LogP contribution in [-0.2, 0) is 22.4 Å². The van der Waals surface area contributed by atoms with Crippen LogP contribution in [0.2, 0.25) is 5.02 Å². The van der Waals surface area contributed by atoms with Crippen molar-refractivity contribution in [3.63, 3.8) is 0 Å². The largest absolute Gasteiger partial charge is 0.491 e. The third kappa shape index (κ3) is 6.92. The second-order valence-corrected chi connectivity index (χ2v) is 17.2. The molecule has 8 rings (SSSR count). The number of aromatic nitrogens is 2. The lowest BCUT2D eigenvalue weighted by atomic mass is 9.65. The number of benzene rings is 2. The summed E-state index contributed by atoms with van der Waals surface area (Å²) in [5, 5.41) is 1.54. The maximum Gasteiger partial charge on any atom is 0.339 e. The molecule has 5 atom stereocenters. The van der Waals surface area contributed by atoms with Crippen LogP contribution in [-0.4, -0.2) is 53.0 Å². The topological polar surface area (TPSA) is 73.8 Å². The fourth-order valence-electron chi connectivity index (χ4n) is 7.80. The number of halogens is 1. The smallest absolute Gasteiger partial charge is 0.339 e. The highest BCUT2D eigenvalue weighted by molar-refractivity contribution is 8.17. The molecule has 2 aromatic carbocycles. The van der Waals surface area contributed by atoms with E-state index in [2.05, 4.69) is 33.1 Å².